The quantitative estimate of drug-likeness (QED) is 0.523. The van der Waals surface area contributed by atoms with Crippen LogP contribution in [-0.2, 0) is 19.9 Å². The molecule has 0 aliphatic heterocycles. The lowest BCUT2D eigenvalue weighted by Gasteiger charge is -2.29. The highest BCUT2D eigenvalue weighted by atomic mass is 32.2. The summed E-state index contributed by atoms with van der Waals surface area (Å²) in [5.74, 6) is -0.197. The summed E-state index contributed by atoms with van der Waals surface area (Å²) in [5, 5.41) is 20.1. The molecule has 11 heteroatoms. The highest BCUT2D eigenvalue weighted by Crippen LogP contribution is 2.39. The summed E-state index contributed by atoms with van der Waals surface area (Å²) in [5.41, 5.74) is -0.901. The minimum atomic E-state index is -3.94. The third kappa shape index (κ3) is 5.80. The second-order valence-electron chi connectivity index (χ2n) is 7.85. The second kappa shape index (κ2) is 8.83. The largest absolute Gasteiger partial charge is 0.493 e. The first-order chi connectivity index (χ1) is 14.4. The zero-order valence-electron chi connectivity index (χ0n) is 16.7. The summed E-state index contributed by atoms with van der Waals surface area (Å²) in [6.07, 6.45) is -0.784. The molecule has 2 aromatic rings. The van der Waals surface area contributed by atoms with Gasteiger partial charge in [-0.05, 0) is 61.4 Å². The summed E-state index contributed by atoms with van der Waals surface area (Å²) in [6.45, 7) is -0.145. The van der Waals surface area contributed by atoms with E-state index in [1.807, 2.05) is 0 Å². The molecule has 8 nitrogen and oxygen atoms in total. The van der Waals surface area contributed by atoms with Crippen LogP contribution in [0.15, 0.2) is 58.3 Å². The topological polar surface area (TPSA) is 130 Å². The van der Waals surface area contributed by atoms with Gasteiger partial charge in [0.1, 0.15) is 11.6 Å². The van der Waals surface area contributed by atoms with Gasteiger partial charge in [-0.3, -0.25) is 0 Å². The maximum atomic E-state index is 13.1. The van der Waals surface area contributed by atoms with E-state index in [2.05, 4.69) is 4.72 Å². The number of benzene rings is 2. The van der Waals surface area contributed by atoms with Gasteiger partial charge in [-0.2, -0.15) is 0 Å². The standard InChI is InChI=1S/C20H24FNO7S2/c1-30(25,26)16-8-4-15(5-9-16)29-13-20(10-18(23)19(24)11-20)12-22-31(27,28)17-6-2-14(21)3-7-17/h2-9,18-19,22-24H,10-13H2,1H3/t18-,19+,20?. The number of nitrogens with one attached hydrogen (secondary N) is 1. The van der Waals surface area contributed by atoms with Gasteiger partial charge in [0.15, 0.2) is 9.84 Å². The van der Waals surface area contributed by atoms with Crippen LogP contribution in [0.25, 0.3) is 0 Å². The van der Waals surface area contributed by atoms with Crippen molar-refractivity contribution in [1.29, 1.82) is 0 Å². The van der Waals surface area contributed by atoms with Crippen molar-refractivity contribution < 1.29 is 36.2 Å². The molecule has 1 aliphatic carbocycles. The summed E-state index contributed by atoms with van der Waals surface area (Å²) in [6, 6.07) is 10.1. The van der Waals surface area contributed by atoms with E-state index in [9.17, 15) is 31.4 Å². The number of hydrogen-bond donors (Lipinski definition) is 3. The van der Waals surface area contributed by atoms with Gasteiger partial charge in [-0.25, -0.2) is 25.9 Å². The minimum absolute atomic E-state index is 0.0225. The molecule has 1 unspecified atom stereocenters. The molecule has 0 heterocycles. The van der Waals surface area contributed by atoms with Crippen LogP contribution in [-0.4, -0.2) is 58.7 Å². The Labute approximate surface area is 180 Å². The molecule has 0 saturated heterocycles. The Hall–Kier alpha value is -2.05. The molecule has 2 aromatic carbocycles. The van der Waals surface area contributed by atoms with Crippen LogP contribution >= 0.6 is 0 Å². The predicted octanol–water partition coefficient (Wildman–Crippen LogP) is 1.09. The smallest absolute Gasteiger partial charge is 0.240 e. The van der Waals surface area contributed by atoms with Gasteiger partial charge in [0.05, 0.1) is 28.6 Å². The number of aliphatic hydroxyl groups is 2. The summed E-state index contributed by atoms with van der Waals surface area (Å²) in [7, 11) is -7.30. The van der Waals surface area contributed by atoms with Gasteiger partial charge < -0.3 is 14.9 Å². The Kier molecular flexibility index (Phi) is 6.72. The fraction of sp³-hybridized carbons (Fsp3) is 0.400. The van der Waals surface area contributed by atoms with Gasteiger partial charge >= 0.3 is 0 Å². The van der Waals surface area contributed by atoms with Crippen LogP contribution in [0.2, 0.25) is 0 Å². The monoisotopic (exact) mass is 473 g/mol. The Balaban J connectivity index is 1.73. The van der Waals surface area contributed by atoms with E-state index >= 15 is 0 Å². The van der Waals surface area contributed by atoms with E-state index in [1.165, 1.54) is 24.3 Å². The van der Waals surface area contributed by atoms with Crippen LogP contribution in [0.5, 0.6) is 5.75 Å². The van der Waals surface area contributed by atoms with Gasteiger partial charge in [-0.15, -0.1) is 0 Å². The molecule has 0 radical (unpaired) electrons. The number of halogens is 1. The minimum Gasteiger partial charge on any atom is -0.493 e. The molecular formula is C20H24FNO7S2. The van der Waals surface area contributed by atoms with Crippen molar-refractivity contribution in [2.75, 3.05) is 19.4 Å². The molecule has 0 amide bonds. The maximum Gasteiger partial charge on any atom is 0.240 e. The second-order valence-corrected chi connectivity index (χ2v) is 11.6. The molecule has 3 N–H and O–H groups in total. The van der Waals surface area contributed by atoms with Gasteiger partial charge in [0, 0.05) is 18.2 Å². The van der Waals surface area contributed by atoms with Crippen molar-refractivity contribution in [2.24, 2.45) is 5.41 Å². The van der Waals surface area contributed by atoms with Gasteiger partial charge in [0.25, 0.3) is 0 Å². The molecule has 0 bridgehead atoms. The summed E-state index contributed by atoms with van der Waals surface area (Å²) in [4.78, 5) is 0.0220. The van der Waals surface area contributed by atoms with Crippen LogP contribution in [0, 0.1) is 11.2 Å². The number of sulfonamides is 1. The average molecular weight is 474 g/mol. The van der Waals surface area contributed by atoms with E-state index in [1.54, 1.807) is 0 Å². The van der Waals surface area contributed by atoms with E-state index in [0.717, 1.165) is 30.5 Å². The molecule has 1 aliphatic rings. The Bertz CT molecular complexity index is 1110. The van der Waals surface area contributed by atoms with Crippen LogP contribution < -0.4 is 9.46 Å². The van der Waals surface area contributed by atoms with E-state index in [-0.39, 0.29) is 35.8 Å². The zero-order chi connectivity index (χ0) is 22.9. The Morgan fingerprint density at radius 2 is 1.48 bits per heavy atom. The van der Waals surface area contributed by atoms with Crippen LogP contribution in [0.4, 0.5) is 4.39 Å². The van der Waals surface area contributed by atoms with E-state index in [0.29, 0.717) is 5.75 Å². The third-order valence-electron chi connectivity index (χ3n) is 5.29. The molecular weight excluding hydrogens is 449 g/mol. The molecule has 1 saturated carbocycles. The lowest BCUT2D eigenvalue weighted by Crippen LogP contribution is -2.40. The summed E-state index contributed by atoms with van der Waals surface area (Å²) >= 11 is 0. The SMILES string of the molecule is CS(=O)(=O)c1ccc(OCC2(CNS(=O)(=O)c3ccc(F)cc3)C[C@@H](O)[C@@H](O)C2)cc1. The highest BCUT2D eigenvalue weighted by molar-refractivity contribution is 7.90. The molecule has 3 rings (SSSR count). The van der Waals surface area contributed by atoms with E-state index < -0.39 is 43.3 Å². The third-order valence-corrected chi connectivity index (χ3v) is 7.83. The molecule has 1 fully saturated rings. The van der Waals surface area contributed by atoms with Crippen molar-refractivity contribution in [3.05, 3.63) is 54.3 Å². The number of ether oxygens (including phenoxy) is 1. The molecule has 0 aromatic heterocycles. The highest BCUT2D eigenvalue weighted by Gasteiger charge is 2.45. The zero-order valence-corrected chi connectivity index (χ0v) is 18.4. The Morgan fingerprint density at radius 1 is 0.968 bits per heavy atom. The first kappa shape index (κ1) is 23.6. The van der Waals surface area contributed by atoms with Crippen molar-refractivity contribution in [2.45, 2.75) is 34.8 Å². The fourth-order valence-electron chi connectivity index (χ4n) is 3.52. The lowest BCUT2D eigenvalue weighted by molar-refractivity contribution is 0.0438. The van der Waals surface area contributed by atoms with Crippen molar-refractivity contribution in [3.63, 3.8) is 0 Å². The fourth-order valence-corrected chi connectivity index (χ4v) is 5.31. The van der Waals surface area contributed by atoms with Crippen molar-refractivity contribution >= 4 is 19.9 Å². The van der Waals surface area contributed by atoms with Crippen molar-refractivity contribution in [1.82, 2.24) is 4.72 Å². The Morgan fingerprint density at radius 3 is 2.00 bits per heavy atom. The molecule has 31 heavy (non-hydrogen) atoms. The first-order valence-corrected chi connectivity index (χ1v) is 12.8. The van der Waals surface area contributed by atoms with Gasteiger partial charge in [-0.1, -0.05) is 0 Å². The van der Waals surface area contributed by atoms with Gasteiger partial charge in [0.2, 0.25) is 10.0 Å². The average Bonchev–Trinajstić information content (AvgIpc) is 2.99. The molecule has 3 atom stereocenters. The van der Waals surface area contributed by atoms with Crippen molar-refractivity contribution in [3.8, 4) is 5.75 Å². The maximum absolute atomic E-state index is 13.1. The number of sulfone groups is 1. The number of hydrogen-bond acceptors (Lipinski definition) is 7. The predicted molar refractivity (Wildman–Crippen MR) is 110 cm³/mol. The number of aliphatic hydroxyl groups excluding tert-OH is 2. The summed E-state index contributed by atoms with van der Waals surface area (Å²) < 4.78 is 69.5. The molecule has 170 valence electrons. The van der Waals surface area contributed by atoms with Crippen LogP contribution in [0.3, 0.4) is 0 Å². The number of rotatable bonds is 8. The first-order valence-electron chi connectivity index (χ1n) is 9.45. The van der Waals surface area contributed by atoms with Crippen LogP contribution in [0.1, 0.15) is 12.8 Å². The molecule has 0 spiro atoms. The van der Waals surface area contributed by atoms with E-state index in [4.69, 9.17) is 4.74 Å². The normalized spacial score (nSPS) is 24.3. The lowest BCUT2D eigenvalue weighted by atomic mass is 9.87.